The average Bonchev–Trinajstić information content (AvgIpc) is 3.55. The second-order valence-electron chi connectivity index (χ2n) is 11.7. The smallest absolute Gasteiger partial charge is 0.320 e. The molecule has 2 aliphatic rings. The van der Waals surface area contributed by atoms with E-state index in [1.54, 1.807) is 24.9 Å². The molecule has 4 heterocycles. The predicted molar refractivity (Wildman–Crippen MR) is 155 cm³/mol. The number of hydrogen-bond acceptors (Lipinski definition) is 7. The van der Waals surface area contributed by atoms with E-state index in [0.29, 0.717) is 29.4 Å². The highest BCUT2D eigenvalue weighted by Crippen LogP contribution is 2.40. The van der Waals surface area contributed by atoms with Crippen LogP contribution in [-0.2, 0) is 25.4 Å². The minimum Gasteiger partial charge on any atom is -0.357 e. The molecule has 2 amide bonds. The highest BCUT2D eigenvalue weighted by Gasteiger charge is 2.42. The van der Waals surface area contributed by atoms with Crippen LogP contribution < -0.4 is 26.8 Å². The summed E-state index contributed by atoms with van der Waals surface area (Å²) in [5, 5.41) is 18.0. The van der Waals surface area contributed by atoms with Crippen LogP contribution in [0.15, 0.2) is 41.3 Å². The molecule has 40 heavy (non-hydrogen) atoms. The molecular formula is C29H35N9O2. The van der Waals surface area contributed by atoms with Crippen molar-refractivity contribution in [2.45, 2.75) is 57.5 Å². The number of fused-ring (bicyclic) bond motifs is 2. The Labute approximate surface area is 232 Å². The molecule has 1 aromatic carbocycles. The lowest BCUT2D eigenvalue weighted by molar-refractivity contribution is 0.251. The van der Waals surface area contributed by atoms with Gasteiger partial charge >= 0.3 is 6.03 Å². The Balaban J connectivity index is 1.22. The monoisotopic (exact) mass is 541 g/mol. The van der Waals surface area contributed by atoms with E-state index in [9.17, 15) is 9.59 Å². The lowest BCUT2D eigenvalue weighted by Gasteiger charge is -2.18. The normalized spacial score (nSPS) is 18.3. The van der Waals surface area contributed by atoms with Crippen LogP contribution >= 0.6 is 0 Å². The Kier molecular flexibility index (Phi) is 6.33. The summed E-state index contributed by atoms with van der Waals surface area (Å²) in [7, 11) is 3.45. The summed E-state index contributed by atoms with van der Waals surface area (Å²) in [6.45, 7) is 8.12. The van der Waals surface area contributed by atoms with Gasteiger partial charge in [0.2, 0.25) is 5.95 Å². The molecule has 6 rings (SSSR count). The Bertz CT molecular complexity index is 1680. The van der Waals surface area contributed by atoms with E-state index in [4.69, 9.17) is 5.10 Å². The van der Waals surface area contributed by atoms with Gasteiger partial charge in [0, 0.05) is 61.2 Å². The zero-order chi connectivity index (χ0) is 28.2. The Hall–Kier alpha value is -4.25. The van der Waals surface area contributed by atoms with Crippen molar-refractivity contribution in [3.63, 3.8) is 0 Å². The van der Waals surface area contributed by atoms with Crippen LogP contribution in [0.3, 0.4) is 0 Å². The molecule has 0 spiro atoms. The molecule has 0 radical (unpaired) electrons. The third kappa shape index (κ3) is 4.81. The van der Waals surface area contributed by atoms with Gasteiger partial charge in [-0.05, 0) is 48.7 Å². The van der Waals surface area contributed by atoms with E-state index >= 15 is 0 Å². The highest BCUT2D eigenvalue weighted by molar-refractivity contribution is 5.89. The van der Waals surface area contributed by atoms with Crippen molar-refractivity contribution in [1.29, 1.82) is 0 Å². The second-order valence-corrected chi connectivity index (χ2v) is 11.7. The van der Waals surface area contributed by atoms with E-state index in [1.807, 2.05) is 22.9 Å². The van der Waals surface area contributed by atoms with Gasteiger partial charge in [0.25, 0.3) is 5.56 Å². The lowest BCUT2D eigenvalue weighted by Crippen LogP contribution is -2.33. The van der Waals surface area contributed by atoms with E-state index in [0.717, 1.165) is 36.3 Å². The summed E-state index contributed by atoms with van der Waals surface area (Å²) in [4.78, 5) is 35.0. The number of aromatic nitrogens is 5. The third-order valence-electron chi connectivity index (χ3n) is 7.75. The topological polar surface area (TPSA) is 131 Å². The van der Waals surface area contributed by atoms with Gasteiger partial charge in [-0.2, -0.15) is 10.1 Å². The Morgan fingerprint density at radius 1 is 1.15 bits per heavy atom. The molecule has 1 aliphatic carbocycles. The highest BCUT2D eigenvalue weighted by atomic mass is 16.2. The van der Waals surface area contributed by atoms with Gasteiger partial charge in [0.15, 0.2) is 0 Å². The van der Waals surface area contributed by atoms with E-state index in [-0.39, 0.29) is 29.0 Å². The summed E-state index contributed by atoms with van der Waals surface area (Å²) in [6.07, 6.45) is 3.36. The molecule has 208 valence electrons. The third-order valence-corrected chi connectivity index (χ3v) is 7.75. The maximum Gasteiger partial charge on any atom is 0.320 e. The Morgan fingerprint density at radius 3 is 2.75 bits per heavy atom. The van der Waals surface area contributed by atoms with Gasteiger partial charge in [0.05, 0.1) is 11.4 Å². The Morgan fingerprint density at radius 2 is 1.98 bits per heavy atom. The van der Waals surface area contributed by atoms with Gasteiger partial charge in [-0.25, -0.2) is 14.5 Å². The van der Waals surface area contributed by atoms with Crippen molar-refractivity contribution in [2.75, 3.05) is 24.2 Å². The molecule has 0 saturated heterocycles. The van der Waals surface area contributed by atoms with Gasteiger partial charge in [-0.1, -0.05) is 26.8 Å². The van der Waals surface area contributed by atoms with Crippen LogP contribution in [0.5, 0.6) is 0 Å². The number of benzene rings is 1. The van der Waals surface area contributed by atoms with Crippen LogP contribution in [0.1, 0.15) is 55.5 Å². The fraction of sp³-hybridized carbons (Fsp3) is 0.414. The molecule has 11 heteroatoms. The number of nitrogens with zero attached hydrogens (tertiary/aromatic N) is 5. The molecule has 0 bridgehead atoms. The first kappa shape index (κ1) is 26.0. The molecule has 4 N–H and O–H groups in total. The number of carbonyl (C=O) groups is 1. The first-order valence-electron chi connectivity index (χ1n) is 13.7. The number of pyridine rings is 1. The summed E-state index contributed by atoms with van der Waals surface area (Å²) >= 11 is 0. The number of anilines is 2. The number of carbonyl (C=O) groups excluding carboxylic acids is 1. The van der Waals surface area contributed by atoms with Crippen LogP contribution in [-0.4, -0.2) is 50.0 Å². The van der Waals surface area contributed by atoms with Crippen molar-refractivity contribution in [3.05, 3.63) is 69.3 Å². The minimum atomic E-state index is -0.323. The number of nitrogens with one attached hydrogen (secondary N) is 4. The van der Waals surface area contributed by atoms with Gasteiger partial charge in [-0.3, -0.25) is 14.7 Å². The molecule has 11 nitrogen and oxygen atoms in total. The molecule has 4 aromatic rings. The first-order valence-corrected chi connectivity index (χ1v) is 13.7. The van der Waals surface area contributed by atoms with Gasteiger partial charge < -0.3 is 16.0 Å². The summed E-state index contributed by atoms with van der Waals surface area (Å²) in [5.74, 6) is 0.994. The number of aryl methyl sites for hydroxylation is 1. The largest absolute Gasteiger partial charge is 0.357 e. The van der Waals surface area contributed by atoms with E-state index < -0.39 is 0 Å². The van der Waals surface area contributed by atoms with Crippen LogP contribution in [0.2, 0.25) is 0 Å². The SMILES string of the molecule is CNc1ncc2cc(C3CC3NC(=O)Nc3cc(C(C)(C)C)nn3-c3ccc4c(c3)CCNC4)c(=O)n(C)c2n1. The van der Waals surface area contributed by atoms with Crippen molar-refractivity contribution >= 4 is 28.8 Å². The lowest BCUT2D eigenvalue weighted by atomic mass is 9.92. The number of hydrogen-bond donors (Lipinski definition) is 4. The molecular weight excluding hydrogens is 506 g/mol. The number of amides is 2. The summed E-state index contributed by atoms with van der Waals surface area (Å²) < 4.78 is 3.36. The predicted octanol–water partition coefficient (Wildman–Crippen LogP) is 3.18. The summed E-state index contributed by atoms with van der Waals surface area (Å²) in [5.41, 5.74) is 5.31. The zero-order valence-corrected chi connectivity index (χ0v) is 23.5. The van der Waals surface area contributed by atoms with Crippen molar-refractivity contribution in [2.24, 2.45) is 7.05 Å². The average molecular weight is 542 g/mol. The van der Waals surface area contributed by atoms with Crippen molar-refractivity contribution in [3.8, 4) is 5.69 Å². The molecule has 2 unspecified atom stereocenters. The van der Waals surface area contributed by atoms with Gasteiger partial charge in [-0.15, -0.1) is 0 Å². The molecule has 1 saturated carbocycles. The molecule has 1 aliphatic heterocycles. The maximum atomic E-state index is 13.2. The quantitative estimate of drug-likeness (QED) is 0.305. The molecule has 2 atom stereocenters. The van der Waals surface area contributed by atoms with Gasteiger partial charge in [0.1, 0.15) is 11.5 Å². The first-order chi connectivity index (χ1) is 19.1. The standard InChI is InChI=1S/C29H35N9O2/c1-29(2,3)23-13-24(38(36-23)19-7-6-17-14-31-9-8-16(17)10-19)34-28(40)33-22-12-20(22)21-11-18-15-32-27(30-4)35-25(18)37(5)26(21)39/h6-7,10-11,13,15,20,22,31H,8-9,12,14H2,1-5H3,(H,30,32,35)(H2,33,34,40). The number of urea groups is 1. The fourth-order valence-corrected chi connectivity index (χ4v) is 5.31. The van der Waals surface area contributed by atoms with E-state index in [1.165, 1.54) is 11.1 Å². The van der Waals surface area contributed by atoms with Crippen LogP contribution in [0, 0.1) is 0 Å². The van der Waals surface area contributed by atoms with Crippen molar-refractivity contribution < 1.29 is 4.79 Å². The molecule has 1 fully saturated rings. The van der Waals surface area contributed by atoms with Crippen molar-refractivity contribution in [1.82, 2.24) is 34.9 Å². The van der Waals surface area contributed by atoms with Crippen LogP contribution in [0.25, 0.3) is 16.7 Å². The summed E-state index contributed by atoms with van der Waals surface area (Å²) in [6, 6.07) is 9.65. The number of rotatable bonds is 5. The second kappa shape index (κ2) is 9.74. The van der Waals surface area contributed by atoms with E-state index in [2.05, 4.69) is 64.1 Å². The fourth-order valence-electron chi connectivity index (χ4n) is 5.31. The van der Waals surface area contributed by atoms with Crippen LogP contribution in [0.4, 0.5) is 16.6 Å². The molecule has 3 aromatic heterocycles. The minimum absolute atomic E-state index is 0.0675. The zero-order valence-electron chi connectivity index (χ0n) is 23.5. The maximum absolute atomic E-state index is 13.2.